The van der Waals surface area contributed by atoms with Gasteiger partial charge in [0, 0.05) is 43.7 Å². The van der Waals surface area contributed by atoms with E-state index in [0.29, 0.717) is 18.0 Å². The van der Waals surface area contributed by atoms with E-state index in [1.807, 2.05) is 37.3 Å². The van der Waals surface area contributed by atoms with Gasteiger partial charge >= 0.3 is 0 Å². The number of allylic oxidation sites excluding steroid dienone is 1. The van der Waals surface area contributed by atoms with Gasteiger partial charge in [-0.3, -0.25) is 0 Å². The number of ether oxygens (including phenoxy) is 2. The maximum absolute atomic E-state index is 8.34. The van der Waals surface area contributed by atoms with Crippen molar-refractivity contribution in [1.29, 1.82) is 5.41 Å². The Morgan fingerprint density at radius 2 is 2.04 bits per heavy atom. The molecule has 3 heterocycles. The van der Waals surface area contributed by atoms with Crippen LogP contribution in [0.5, 0.6) is 11.5 Å². The second-order valence-corrected chi connectivity index (χ2v) is 7.42. The molecule has 8 heteroatoms. The Morgan fingerprint density at radius 3 is 2.77 bits per heavy atom. The molecule has 0 saturated heterocycles. The molecule has 0 bridgehead atoms. The molecule has 3 N–H and O–H groups in total. The van der Waals surface area contributed by atoms with Gasteiger partial charge in [-0.15, -0.1) is 0 Å². The number of rotatable bonds is 4. The van der Waals surface area contributed by atoms with Crippen molar-refractivity contribution in [2.45, 2.75) is 29.8 Å². The number of nitrogens with zero attached hydrogens (tertiary/aromatic N) is 2. The molecule has 0 spiro atoms. The zero-order valence-corrected chi connectivity index (χ0v) is 15.8. The average Bonchev–Trinajstić information content (AvgIpc) is 3.20. The molecule has 4 rings (SSSR count). The number of anilines is 2. The van der Waals surface area contributed by atoms with Crippen LogP contribution in [0, 0.1) is 5.41 Å². The van der Waals surface area contributed by atoms with E-state index in [-0.39, 0.29) is 6.79 Å². The van der Waals surface area contributed by atoms with Crippen molar-refractivity contribution in [3.63, 3.8) is 0 Å². The van der Waals surface area contributed by atoms with Gasteiger partial charge in [-0.2, -0.15) is 0 Å². The molecule has 0 fully saturated rings. The van der Waals surface area contributed by atoms with Gasteiger partial charge in [0.05, 0.1) is 11.4 Å². The number of hydrogen-bond acceptors (Lipinski definition) is 7. The van der Waals surface area contributed by atoms with Crippen molar-refractivity contribution in [1.82, 2.24) is 9.97 Å². The Balaban J connectivity index is 1.66. The molecule has 0 atom stereocenters. The van der Waals surface area contributed by atoms with Gasteiger partial charge in [-0.25, -0.2) is 4.98 Å². The Morgan fingerprint density at radius 1 is 1.27 bits per heavy atom. The lowest BCUT2D eigenvalue weighted by atomic mass is 10.1. The normalized spacial score (nSPS) is 15.2. The van der Waals surface area contributed by atoms with Crippen molar-refractivity contribution >= 4 is 29.0 Å². The number of hydrogen-bond donors (Lipinski definition) is 3. The minimum absolute atomic E-state index is 0.249. The summed E-state index contributed by atoms with van der Waals surface area (Å²) >= 11 is 1.52. The van der Waals surface area contributed by atoms with Crippen LogP contribution in [-0.2, 0) is 0 Å². The molecule has 1 aromatic carbocycles. The average molecular weight is 371 g/mol. The lowest BCUT2D eigenvalue weighted by molar-refractivity contribution is 0.174. The summed E-state index contributed by atoms with van der Waals surface area (Å²) in [5, 5.41) is 12.3. The third-order valence-electron chi connectivity index (χ3n) is 4.40. The number of H-pyrrole nitrogens is 1. The molecular weight excluding hydrogens is 350 g/mol. The van der Waals surface area contributed by atoms with Crippen LogP contribution in [0.3, 0.4) is 0 Å². The summed E-state index contributed by atoms with van der Waals surface area (Å²) in [4.78, 5) is 11.0. The predicted octanol–water partition coefficient (Wildman–Crippen LogP) is 3.83. The second kappa shape index (κ2) is 6.60. The number of aromatic amines is 1. The van der Waals surface area contributed by atoms with Crippen LogP contribution in [0.4, 0.5) is 11.5 Å². The lowest BCUT2D eigenvalue weighted by Gasteiger charge is -2.17. The largest absolute Gasteiger partial charge is 0.454 e. The molecule has 0 unspecified atom stereocenters. The molecular formula is C18H21N5O2S. The summed E-state index contributed by atoms with van der Waals surface area (Å²) in [5.74, 6) is 2.20. The van der Waals surface area contributed by atoms with E-state index in [1.165, 1.54) is 17.3 Å². The SMILES string of the molecule is CCC1=CNc2nc(Sc3cc4c(cc3N(C)C)OCO4)[nH]c2C(=N)C1. The fourth-order valence-electron chi connectivity index (χ4n) is 2.93. The van der Waals surface area contributed by atoms with Gasteiger partial charge in [0.1, 0.15) is 5.69 Å². The first-order valence-electron chi connectivity index (χ1n) is 8.46. The topological polar surface area (TPSA) is 86.3 Å². The highest BCUT2D eigenvalue weighted by Gasteiger charge is 2.22. The highest BCUT2D eigenvalue weighted by Crippen LogP contribution is 2.44. The third kappa shape index (κ3) is 3.01. The summed E-state index contributed by atoms with van der Waals surface area (Å²) < 4.78 is 11.0. The van der Waals surface area contributed by atoms with E-state index in [4.69, 9.17) is 14.9 Å². The molecule has 0 aliphatic carbocycles. The maximum atomic E-state index is 8.34. The number of fused-ring (bicyclic) bond motifs is 2. The zero-order chi connectivity index (χ0) is 18.3. The summed E-state index contributed by atoms with van der Waals surface area (Å²) in [6.07, 6.45) is 3.52. The number of imidazole rings is 1. The van der Waals surface area contributed by atoms with Crippen molar-refractivity contribution in [3.05, 3.63) is 29.6 Å². The van der Waals surface area contributed by atoms with Crippen LogP contribution in [-0.4, -0.2) is 36.6 Å². The Hall–Kier alpha value is -2.61. The minimum atomic E-state index is 0.249. The molecule has 0 amide bonds. The molecule has 7 nitrogen and oxygen atoms in total. The molecule has 0 radical (unpaired) electrons. The van der Waals surface area contributed by atoms with E-state index >= 15 is 0 Å². The van der Waals surface area contributed by atoms with Gasteiger partial charge < -0.3 is 30.1 Å². The molecule has 136 valence electrons. The fourth-order valence-corrected chi connectivity index (χ4v) is 3.94. The van der Waals surface area contributed by atoms with Gasteiger partial charge in [-0.1, -0.05) is 6.92 Å². The Bertz CT molecular complexity index is 903. The first-order valence-corrected chi connectivity index (χ1v) is 9.28. The molecule has 0 saturated carbocycles. The van der Waals surface area contributed by atoms with Crippen LogP contribution >= 0.6 is 11.8 Å². The summed E-state index contributed by atoms with van der Waals surface area (Å²) in [6.45, 7) is 2.34. The minimum Gasteiger partial charge on any atom is -0.454 e. The number of benzene rings is 1. The second-order valence-electron chi connectivity index (χ2n) is 6.39. The van der Waals surface area contributed by atoms with Crippen molar-refractivity contribution < 1.29 is 9.47 Å². The van der Waals surface area contributed by atoms with E-state index in [2.05, 4.69) is 22.2 Å². The number of aromatic nitrogens is 2. The van der Waals surface area contributed by atoms with Crippen molar-refractivity contribution in [2.24, 2.45) is 0 Å². The van der Waals surface area contributed by atoms with Gasteiger partial charge in [-0.05, 0) is 23.8 Å². The van der Waals surface area contributed by atoms with Gasteiger partial charge in [0.25, 0.3) is 0 Å². The smallest absolute Gasteiger partial charge is 0.231 e. The quantitative estimate of drug-likeness (QED) is 0.757. The number of nitrogens with one attached hydrogen (secondary N) is 3. The first kappa shape index (κ1) is 16.8. The highest BCUT2D eigenvalue weighted by molar-refractivity contribution is 7.99. The van der Waals surface area contributed by atoms with Crippen LogP contribution in [0.2, 0.25) is 0 Å². The van der Waals surface area contributed by atoms with E-state index in [0.717, 1.165) is 39.4 Å². The van der Waals surface area contributed by atoms with Crippen LogP contribution in [0.25, 0.3) is 0 Å². The van der Waals surface area contributed by atoms with Crippen molar-refractivity contribution in [3.8, 4) is 11.5 Å². The highest BCUT2D eigenvalue weighted by atomic mass is 32.2. The molecule has 1 aromatic heterocycles. The fraction of sp³-hybridized carbons (Fsp3) is 0.333. The summed E-state index contributed by atoms with van der Waals surface area (Å²) in [5.41, 5.74) is 3.53. The standard InChI is InChI=1S/C18H21N5O2S/c1-4-10-5-11(19)16-17(20-8-10)22-18(21-16)26-15-7-14-13(24-9-25-14)6-12(15)23(2)3/h6-8,19-20H,4-5,9H2,1-3H3,(H,21,22). The maximum Gasteiger partial charge on any atom is 0.231 e. The van der Waals surface area contributed by atoms with Crippen molar-refractivity contribution in [2.75, 3.05) is 31.1 Å². The van der Waals surface area contributed by atoms with E-state index in [9.17, 15) is 0 Å². The van der Waals surface area contributed by atoms with Crippen LogP contribution < -0.4 is 19.7 Å². The molecule has 2 aliphatic heterocycles. The zero-order valence-electron chi connectivity index (χ0n) is 15.0. The molecule has 26 heavy (non-hydrogen) atoms. The Kier molecular flexibility index (Phi) is 4.28. The van der Waals surface area contributed by atoms with Gasteiger partial charge in [0.2, 0.25) is 6.79 Å². The van der Waals surface area contributed by atoms with E-state index < -0.39 is 0 Å². The van der Waals surface area contributed by atoms with Crippen LogP contribution in [0.15, 0.2) is 34.0 Å². The summed E-state index contributed by atoms with van der Waals surface area (Å²) in [7, 11) is 3.99. The molecule has 2 aromatic rings. The van der Waals surface area contributed by atoms with E-state index in [1.54, 1.807) is 0 Å². The third-order valence-corrected chi connectivity index (χ3v) is 5.33. The first-order chi connectivity index (χ1) is 12.5. The predicted molar refractivity (Wildman–Crippen MR) is 103 cm³/mol. The van der Waals surface area contributed by atoms with Crippen LogP contribution in [0.1, 0.15) is 25.5 Å². The Labute approximate surface area is 156 Å². The van der Waals surface area contributed by atoms with Gasteiger partial charge in [0.15, 0.2) is 22.5 Å². The lowest BCUT2D eigenvalue weighted by Crippen LogP contribution is -2.09. The monoisotopic (exact) mass is 371 g/mol. The molecule has 2 aliphatic rings. The summed E-state index contributed by atoms with van der Waals surface area (Å²) in [6, 6.07) is 3.96.